The van der Waals surface area contributed by atoms with E-state index >= 15 is 0 Å². The number of H-pyrrole nitrogens is 1. The zero-order valence-corrected chi connectivity index (χ0v) is 16.9. The van der Waals surface area contributed by atoms with Crippen molar-refractivity contribution >= 4 is 10.9 Å². The minimum atomic E-state index is 0.640. The highest BCUT2D eigenvalue weighted by molar-refractivity contribution is 5.84. The van der Waals surface area contributed by atoms with Crippen LogP contribution in [0.4, 0.5) is 0 Å². The minimum Gasteiger partial charge on any atom is -0.497 e. The highest BCUT2D eigenvalue weighted by atomic mass is 16.5. The van der Waals surface area contributed by atoms with Crippen LogP contribution in [-0.4, -0.2) is 43.2 Å². The molecule has 1 saturated heterocycles. The average molecular weight is 379 g/mol. The lowest BCUT2D eigenvalue weighted by molar-refractivity contribution is 0.250. The van der Waals surface area contributed by atoms with Gasteiger partial charge in [-0.05, 0) is 86.7 Å². The number of methoxy groups -OCH3 is 2. The summed E-state index contributed by atoms with van der Waals surface area (Å²) in [5.41, 5.74) is 3.99. The van der Waals surface area contributed by atoms with Crippen molar-refractivity contribution in [1.29, 1.82) is 0 Å². The molecule has 2 heterocycles. The number of aryl methyl sites for hydroxylation is 1. The SMILES string of the molecule is COc1ccc(CCCN2CCCC2Cc2c[nH]c3ccc(OC)cc23)cc1. The van der Waals surface area contributed by atoms with Crippen LogP contribution in [0.25, 0.3) is 10.9 Å². The van der Waals surface area contributed by atoms with Crippen molar-refractivity contribution in [2.45, 2.75) is 38.1 Å². The fourth-order valence-electron chi connectivity index (χ4n) is 4.41. The molecule has 4 heteroatoms. The molecule has 1 fully saturated rings. The molecule has 1 aromatic heterocycles. The number of nitrogens with zero attached hydrogens (tertiary/aromatic N) is 1. The van der Waals surface area contributed by atoms with E-state index in [9.17, 15) is 0 Å². The van der Waals surface area contributed by atoms with Gasteiger partial charge in [-0.1, -0.05) is 12.1 Å². The summed E-state index contributed by atoms with van der Waals surface area (Å²) >= 11 is 0. The third-order valence-electron chi connectivity index (χ3n) is 6.00. The van der Waals surface area contributed by atoms with Crippen molar-refractivity contribution < 1.29 is 9.47 Å². The molecular formula is C24H30N2O2. The van der Waals surface area contributed by atoms with Crippen LogP contribution in [0.2, 0.25) is 0 Å². The first-order chi connectivity index (χ1) is 13.8. The van der Waals surface area contributed by atoms with Crippen molar-refractivity contribution in [2.75, 3.05) is 27.3 Å². The van der Waals surface area contributed by atoms with Crippen molar-refractivity contribution in [3.63, 3.8) is 0 Å². The van der Waals surface area contributed by atoms with Crippen molar-refractivity contribution in [1.82, 2.24) is 9.88 Å². The molecular weight excluding hydrogens is 348 g/mol. The van der Waals surface area contributed by atoms with Crippen LogP contribution in [0.1, 0.15) is 30.4 Å². The largest absolute Gasteiger partial charge is 0.497 e. The average Bonchev–Trinajstić information content (AvgIpc) is 3.35. The molecule has 1 atom stereocenters. The van der Waals surface area contributed by atoms with Crippen LogP contribution in [0.15, 0.2) is 48.7 Å². The van der Waals surface area contributed by atoms with E-state index in [0.717, 1.165) is 24.3 Å². The second-order valence-corrected chi connectivity index (χ2v) is 7.71. The number of nitrogens with one attached hydrogen (secondary N) is 1. The molecule has 148 valence electrons. The predicted molar refractivity (Wildman–Crippen MR) is 114 cm³/mol. The van der Waals surface area contributed by atoms with Gasteiger partial charge in [0.25, 0.3) is 0 Å². The third-order valence-corrected chi connectivity index (χ3v) is 6.00. The summed E-state index contributed by atoms with van der Waals surface area (Å²) in [5.74, 6) is 1.86. The Kier molecular flexibility index (Phi) is 5.87. The summed E-state index contributed by atoms with van der Waals surface area (Å²) in [6.07, 6.45) is 8.20. The van der Waals surface area contributed by atoms with Crippen LogP contribution < -0.4 is 9.47 Å². The smallest absolute Gasteiger partial charge is 0.119 e. The zero-order chi connectivity index (χ0) is 19.3. The van der Waals surface area contributed by atoms with Gasteiger partial charge in [0.2, 0.25) is 0 Å². The summed E-state index contributed by atoms with van der Waals surface area (Å²) in [5, 5.41) is 1.30. The Morgan fingerprint density at radius 1 is 1.04 bits per heavy atom. The number of rotatable bonds is 8. The van der Waals surface area contributed by atoms with Gasteiger partial charge in [0.15, 0.2) is 0 Å². The second kappa shape index (κ2) is 8.70. The quantitative estimate of drug-likeness (QED) is 0.610. The Labute approximate surface area is 167 Å². The van der Waals surface area contributed by atoms with Crippen LogP contribution in [-0.2, 0) is 12.8 Å². The first-order valence-electron chi connectivity index (χ1n) is 10.3. The Balaban J connectivity index is 1.35. The highest BCUT2D eigenvalue weighted by Gasteiger charge is 2.25. The van der Waals surface area contributed by atoms with Crippen LogP contribution >= 0.6 is 0 Å². The fourth-order valence-corrected chi connectivity index (χ4v) is 4.41. The fraction of sp³-hybridized carbons (Fsp3) is 0.417. The molecule has 1 aliphatic heterocycles. The van der Waals surface area contributed by atoms with E-state index in [0.29, 0.717) is 6.04 Å². The van der Waals surface area contributed by atoms with Gasteiger partial charge in [-0.25, -0.2) is 0 Å². The van der Waals surface area contributed by atoms with Crippen molar-refractivity contribution in [3.8, 4) is 11.5 Å². The van der Waals surface area contributed by atoms with Gasteiger partial charge in [-0.3, -0.25) is 0 Å². The van der Waals surface area contributed by atoms with E-state index in [1.807, 2.05) is 6.07 Å². The molecule has 1 unspecified atom stereocenters. The van der Waals surface area contributed by atoms with Crippen molar-refractivity contribution in [3.05, 3.63) is 59.8 Å². The molecule has 0 aliphatic carbocycles. The molecule has 0 bridgehead atoms. The Morgan fingerprint density at radius 2 is 1.82 bits per heavy atom. The van der Waals surface area contributed by atoms with Gasteiger partial charge in [0.05, 0.1) is 14.2 Å². The molecule has 0 amide bonds. The molecule has 0 spiro atoms. The first kappa shape index (κ1) is 18.9. The molecule has 1 N–H and O–H groups in total. The van der Waals surface area contributed by atoms with E-state index in [1.165, 1.54) is 54.4 Å². The van der Waals surface area contributed by atoms with Crippen LogP contribution in [0, 0.1) is 0 Å². The molecule has 3 aromatic rings. The van der Waals surface area contributed by atoms with Crippen LogP contribution in [0.3, 0.4) is 0 Å². The maximum absolute atomic E-state index is 5.42. The van der Waals surface area contributed by atoms with E-state index in [1.54, 1.807) is 14.2 Å². The number of benzene rings is 2. The number of ether oxygens (including phenoxy) is 2. The molecule has 2 aromatic carbocycles. The molecule has 1 aliphatic rings. The van der Waals surface area contributed by atoms with Gasteiger partial charge < -0.3 is 19.4 Å². The summed E-state index contributed by atoms with van der Waals surface area (Å²) < 4.78 is 10.7. The van der Waals surface area contributed by atoms with Crippen molar-refractivity contribution in [2.24, 2.45) is 0 Å². The van der Waals surface area contributed by atoms with E-state index in [2.05, 4.69) is 52.5 Å². The molecule has 0 saturated carbocycles. The summed E-state index contributed by atoms with van der Waals surface area (Å²) in [6.45, 7) is 2.39. The molecule has 4 rings (SSSR count). The van der Waals surface area contributed by atoms with E-state index < -0.39 is 0 Å². The maximum Gasteiger partial charge on any atom is 0.119 e. The van der Waals surface area contributed by atoms with E-state index in [-0.39, 0.29) is 0 Å². The minimum absolute atomic E-state index is 0.640. The van der Waals surface area contributed by atoms with Gasteiger partial charge in [0.1, 0.15) is 11.5 Å². The van der Waals surface area contributed by atoms with Gasteiger partial charge in [-0.2, -0.15) is 0 Å². The van der Waals surface area contributed by atoms with Crippen LogP contribution in [0.5, 0.6) is 11.5 Å². The standard InChI is InChI=1S/C24H30N2O2/c1-27-21-9-7-18(8-10-21)5-3-13-26-14-4-6-20(26)15-19-17-25-24-12-11-22(28-2)16-23(19)24/h7-12,16-17,20,25H,3-6,13-15H2,1-2H3. The molecule has 4 nitrogen and oxygen atoms in total. The van der Waals surface area contributed by atoms with Gasteiger partial charge >= 0.3 is 0 Å². The third kappa shape index (κ3) is 4.17. The number of aromatic amines is 1. The lowest BCUT2D eigenvalue weighted by atomic mass is 10.0. The van der Waals surface area contributed by atoms with Gasteiger partial charge in [-0.15, -0.1) is 0 Å². The Bertz CT molecular complexity index is 901. The lowest BCUT2D eigenvalue weighted by Crippen LogP contribution is -2.32. The number of likely N-dealkylation sites (tertiary alicyclic amines) is 1. The zero-order valence-electron chi connectivity index (χ0n) is 16.9. The van der Waals surface area contributed by atoms with E-state index in [4.69, 9.17) is 9.47 Å². The molecule has 28 heavy (non-hydrogen) atoms. The highest BCUT2D eigenvalue weighted by Crippen LogP contribution is 2.28. The monoisotopic (exact) mass is 378 g/mol. The summed E-state index contributed by atoms with van der Waals surface area (Å²) in [4.78, 5) is 6.10. The number of aromatic nitrogens is 1. The lowest BCUT2D eigenvalue weighted by Gasteiger charge is -2.24. The molecule has 0 radical (unpaired) electrons. The second-order valence-electron chi connectivity index (χ2n) is 7.71. The first-order valence-corrected chi connectivity index (χ1v) is 10.3. The number of hydrogen-bond acceptors (Lipinski definition) is 3. The predicted octanol–water partition coefficient (Wildman–Crippen LogP) is 4.82. The number of fused-ring (bicyclic) bond motifs is 1. The summed E-state index contributed by atoms with van der Waals surface area (Å²) in [7, 11) is 3.45. The maximum atomic E-state index is 5.42. The normalized spacial score (nSPS) is 17.3. The Morgan fingerprint density at radius 3 is 2.61 bits per heavy atom. The number of hydrogen-bond donors (Lipinski definition) is 1. The Hall–Kier alpha value is -2.46. The summed E-state index contributed by atoms with van der Waals surface area (Å²) in [6, 6.07) is 15.4. The van der Waals surface area contributed by atoms with Gasteiger partial charge in [0, 0.05) is 23.1 Å². The topological polar surface area (TPSA) is 37.5 Å².